The summed E-state index contributed by atoms with van der Waals surface area (Å²) in [5.74, 6) is 0.148. The largest absolute Gasteiger partial charge is 0.329 e. The predicted molar refractivity (Wildman–Crippen MR) is 131 cm³/mol. The lowest BCUT2D eigenvalue weighted by molar-refractivity contribution is -0.136. The number of hydrogen-bond acceptors (Lipinski definition) is 5. The van der Waals surface area contributed by atoms with Crippen LogP contribution in [0.4, 0.5) is 0 Å². The van der Waals surface area contributed by atoms with Crippen molar-refractivity contribution in [3.63, 3.8) is 0 Å². The molecule has 4 aromatic rings. The summed E-state index contributed by atoms with van der Waals surface area (Å²) in [6, 6.07) is 16.3. The van der Waals surface area contributed by atoms with Crippen molar-refractivity contribution in [2.45, 2.75) is 44.2 Å². The number of nitrogens with one attached hydrogen (secondary N) is 1. The molecule has 1 aromatic carbocycles. The van der Waals surface area contributed by atoms with Crippen LogP contribution in [0.5, 0.6) is 0 Å². The van der Waals surface area contributed by atoms with Gasteiger partial charge in [-0.25, -0.2) is 9.50 Å². The van der Waals surface area contributed by atoms with Crippen LogP contribution in [-0.2, 0) is 4.79 Å². The Labute approximate surface area is 198 Å². The molecule has 0 bridgehead atoms. The van der Waals surface area contributed by atoms with E-state index >= 15 is 0 Å². The van der Waals surface area contributed by atoms with E-state index in [-0.39, 0.29) is 17.5 Å². The standard InChI is InChI=1S/C27H28N6O/c1-19(34)33-25(8-12-27(33)11-5-13-28-18-27)21-9-14-29-24(16-21)22-17-30-32-15-10-23(31-26(22)32)20-6-3-2-4-7-20/h2-4,6-7,9-10,14-17,25,28H,5,8,11-13,18H2,1H3. The Bertz CT molecular complexity index is 1340. The third kappa shape index (κ3) is 3.47. The monoisotopic (exact) mass is 452 g/mol. The zero-order valence-corrected chi connectivity index (χ0v) is 19.3. The van der Waals surface area contributed by atoms with Gasteiger partial charge in [0.1, 0.15) is 0 Å². The maximum Gasteiger partial charge on any atom is 0.220 e. The minimum atomic E-state index is -0.0747. The number of carbonyl (C=O) groups is 1. The van der Waals surface area contributed by atoms with Crippen molar-refractivity contribution < 1.29 is 4.79 Å². The van der Waals surface area contributed by atoms with Crippen LogP contribution in [0.3, 0.4) is 0 Å². The second-order valence-corrected chi connectivity index (χ2v) is 9.43. The molecule has 172 valence electrons. The first-order valence-corrected chi connectivity index (χ1v) is 12.0. The first-order chi connectivity index (χ1) is 16.6. The number of hydrogen-bond donors (Lipinski definition) is 1. The zero-order valence-electron chi connectivity index (χ0n) is 19.3. The fourth-order valence-electron chi connectivity index (χ4n) is 5.85. The van der Waals surface area contributed by atoms with Gasteiger partial charge < -0.3 is 10.2 Å². The summed E-state index contributed by atoms with van der Waals surface area (Å²) in [4.78, 5) is 24.5. The molecule has 0 aliphatic carbocycles. The minimum absolute atomic E-state index is 0.0637. The molecule has 7 nitrogen and oxygen atoms in total. The lowest BCUT2D eigenvalue weighted by atomic mass is 9.87. The summed E-state index contributed by atoms with van der Waals surface area (Å²) in [5, 5.41) is 8.03. The summed E-state index contributed by atoms with van der Waals surface area (Å²) in [6.07, 6.45) is 9.78. The molecule has 5 heterocycles. The van der Waals surface area contributed by atoms with Gasteiger partial charge in [0.25, 0.3) is 0 Å². The molecule has 1 amide bonds. The SMILES string of the molecule is CC(=O)N1C(c2ccnc(-c3cnn4ccc(-c5ccccc5)nc34)c2)CCC12CCCNC2. The van der Waals surface area contributed by atoms with Crippen molar-refractivity contribution in [1.29, 1.82) is 0 Å². The molecule has 2 aliphatic rings. The molecule has 7 heteroatoms. The van der Waals surface area contributed by atoms with E-state index in [1.807, 2.05) is 48.9 Å². The average Bonchev–Trinajstić information content (AvgIpc) is 3.46. The third-order valence-electron chi connectivity index (χ3n) is 7.38. The van der Waals surface area contributed by atoms with Crippen LogP contribution < -0.4 is 5.32 Å². The highest BCUT2D eigenvalue weighted by molar-refractivity contribution is 5.78. The van der Waals surface area contributed by atoms with Gasteiger partial charge >= 0.3 is 0 Å². The number of nitrogens with zero attached hydrogens (tertiary/aromatic N) is 5. The van der Waals surface area contributed by atoms with Crippen molar-refractivity contribution in [3.05, 3.63) is 72.7 Å². The van der Waals surface area contributed by atoms with E-state index in [0.717, 1.165) is 72.5 Å². The van der Waals surface area contributed by atoms with Gasteiger partial charge in [-0.3, -0.25) is 9.78 Å². The summed E-state index contributed by atoms with van der Waals surface area (Å²) in [5.41, 5.74) is 5.51. The Hall–Kier alpha value is -3.58. The van der Waals surface area contributed by atoms with Crippen LogP contribution in [0, 0.1) is 0 Å². The number of rotatable bonds is 3. The van der Waals surface area contributed by atoms with E-state index in [4.69, 9.17) is 4.98 Å². The maximum absolute atomic E-state index is 12.8. The normalized spacial score (nSPS) is 22.5. The Balaban J connectivity index is 1.38. The number of pyridine rings is 1. The number of benzene rings is 1. The van der Waals surface area contributed by atoms with E-state index in [1.165, 1.54) is 0 Å². The molecule has 6 rings (SSSR count). The maximum atomic E-state index is 12.8. The Morgan fingerprint density at radius 1 is 1.12 bits per heavy atom. The molecule has 3 aromatic heterocycles. The highest BCUT2D eigenvalue weighted by atomic mass is 16.2. The van der Waals surface area contributed by atoms with Crippen molar-refractivity contribution in [2.75, 3.05) is 13.1 Å². The van der Waals surface area contributed by atoms with Gasteiger partial charge in [0.15, 0.2) is 5.65 Å². The first kappa shape index (κ1) is 21.0. The van der Waals surface area contributed by atoms with Crippen molar-refractivity contribution in [1.82, 2.24) is 29.8 Å². The highest BCUT2D eigenvalue weighted by Crippen LogP contribution is 2.46. The van der Waals surface area contributed by atoms with Crippen LogP contribution >= 0.6 is 0 Å². The van der Waals surface area contributed by atoms with Gasteiger partial charge in [0.2, 0.25) is 5.91 Å². The first-order valence-electron chi connectivity index (χ1n) is 12.0. The molecule has 0 radical (unpaired) electrons. The fourth-order valence-corrected chi connectivity index (χ4v) is 5.85. The van der Waals surface area contributed by atoms with Crippen molar-refractivity contribution >= 4 is 11.6 Å². The molecular formula is C27H28N6O. The molecule has 1 spiro atoms. The highest BCUT2D eigenvalue weighted by Gasteiger charge is 2.48. The molecule has 0 saturated carbocycles. The Morgan fingerprint density at radius 3 is 2.79 bits per heavy atom. The van der Waals surface area contributed by atoms with E-state index in [2.05, 4.69) is 38.5 Å². The van der Waals surface area contributed by atoms with Crippen molar-refractivity contribution in [2.24, 2.45) is 0 Å². The zero-order chi connectivity index (χ0) is 23.1. The van der Waals surface area contributed by atoms with Gasteiger partial charge in [0, 0.05) is 31.4 Å². The number of carbonyl (C=O) groups excluding carboxylic acids is 1. The molecular weight excluding hydrogens is 424 g/mol. The van der Waals surface area contributed by atoms with Crippen LogP contribution in [-0.4, -0.2) is 49.0 Å². The summed E-state index contributed by atoms with van der Waals surface area (Å²) in [7, 11) is 0. The number of piperidine rings is 1. The van der Waals surface area contributed by atoms with Gasteiger partial charge in [-0.15, -0.1) is 0 Å². The molecule has 2 unspecified atom stereocenters. The molecule has 2 atom stereocenters. The second kappa shape index (κ2) is 8.33. The second-order valence-electron chi connectivity index (χ2n) is 9.43. The number of likely N-dealkylation sites (tertiary alicyclic amines) is 1. The fraction of sp³-hybridized carbons (Fsp3) is 0.333. The lowest BCUT2D eigenvalue weighted by Crippen LogP contribution is -2.56. The number of amides is 1. The number of aromatic nitrogens is 4. The molecule has 2 aliphatic heterocycles. The van der Waals surface area contributed by atoms with Crippen molar-refractivity contribution in [3.8, 4) is 22.5 Å². The smallest absolute Gasteiger partial charge is 0.220 e. The van der Waals surface area contributed by atoms with Crippen LogP contribution in [0.15, 0.2) is 67.1 Å². The quantitative estimate of drug-likeness (QED) is 0.503. The Kier molecular flexibility index (Phi) is 5.14. The molecule has 34 heavy (non-hydrogen) atoms. The van der Waals surface area contributed by atoms with Gasteiger partial charge in [-0.2, -0.15) is 5.10 Å². The number of fused-ring (bicyclic) bond motifs is 1. The van der Waals surface area contributed by atoms with Crippen LogP contribution in [0.2, 0.25) is 0 Å². The van der Waals surface area contributed by atoms with Gasteiger partial charge in [0.05, 0.1) is 34.7 Å². The van der Waals surface area contributed by atoms with Crippen LogP contribution in [0.25, 0.3) is 28.2 Å². The minimum Gasteiger partial charge on any atom is -0.329 e. The van der Waals surface area contributed by atoms with E-state index in [0.29, 0.717) is 0 Å². The third-order valence-corrected chi connectivity index (χ3v) is 7.38. The summed E-state index contributed by atoms with van der Waals surface area (Å²) in [6.45, 7) is 3.61. The predicted octanol–water partition coefficient (Wildman–Crippen LogP) is 4.26. The van der Waals surface area contributed by atoms with Gasteiger partial charge in [-0.1, -0.05) is 30.3 Å². The lowest BCUT2D eigenvalue weighted by Gasteiger charge is -2.43. The summed E-state index contributed by atoms with van der Waals surface area (Å²) < 4.78 is 1.79. The van der Waals surface area contributed by atoms with E-state index in [1.54, 1.807) is 11.4 Å². The average molecular weight is 453 g/mol. The van der Waals surface area contributed by atoms with Gasteiger partial charge in [-0.05, 0) is 56.0 Å². The Morgan fingerprint density at radius 2 is 2.00 bits per heavy atom. The molecule has 2 saturated heterocycles. The molecule has 1 N–H and O–H groups in total. The van der Waals surface area contributed by atoms with Crippen LogP contribution in [0.1, 0.15) is 44.2 Å². The molecule has 2 fully saturated rings. The van der Waals surface area contributed by atoms with E-state index < -0.39 is 0 Å². The van der Waals surface area contributed by atoms with E-state index in [9.17, 15) is 4.79 Å². The topological polar surface area (TPSA) is 75.4 Å². The summed E-state index contributed by atoms with van der Waals surface area (Å²) >= 11 is 0.